The quantitative estimate of drug-likeness (QED) is 0.375. The highest BCUT2D eigenvalue weighted by Crippen LogP contribution is 2.23. The summed E-state index contributed by atoms with van der Waals surface area (Å²) < 4.78 is 11.3. The molecule has 0 unspecified atom stereocenters. The van der Waals surface area contributed by atoms with Gasteiger partial charge in [-0.2, -0.15) is 5.10 Å². The van der Waals surface area contributed by atoms with Crippen molar-refractivity contribution in [2.75, 3.05) is 13.2 Å². The van der Waals surface area contributed by atoms with Gasteiger partial charge in [-0.25, -0.2) is 0 Å². The summed E-state index contributed by atoms with van der Waals surface area (Å²) in [4.78, 5) is 11.1. The zero-order valence-corrected chi connectivity index (χ0v) is 17.7. The van der Waals surface area contributed by atoms with E-state index < -0.39 is 12.0 Å². The standard InChI is InChI=1S/C23H28N4O4/c1-23(2,25-12-18(28)15-30-21-13-26-27-14-21)11-16-3-7-19(8-4-16)31-20-9-5-17(6-10-20)22(24)29/h3-10,13-14,18,25,28H,11-12,15H2,1-2H3,(H2,24,29)(H,26,27)/t18-/m0/s1. The molecule has 3 aromatic rings. The number of primary amides is 1. The number of rotatable bonds is 11. The van der Waals surface area contributed by atoms with Crippen molar-refractivity contribution in [3.8, 4) is 17.2 Å². The number of hydrogen-bond donors (Lipinski definition) is 4. The smallest absolute Gasteiger partial charge is 0.248 e. The molecule has 8 nitrogen and oxygen atoms in total. The number of nitrogens with zero attached hydrogens (tertiary/aromatic N) is 1. The molecule has 164 valence electrons. The number of β-amino-alcohol motifs (C(OH)–C–C–N with tert-alkyl or cyclic N) is 1. The lowest BCUT2D eigenvalue weighted by Crippen LogP contribution is -2.46. The minimum Gasteiger partial charge on any atom is -0.488 e. The summed E-state index contributed by atoms with van der Waals surface area (Å²) in [6, 6.07) is 14.5. The van der Waals surface area contributed by atoms with Crippen molar-refractivity contribution in [3.05, 3.63) is 72.1 Å². The Labute approximate surface area is 181 Å². The van der Waals surface area contributed by atoms with Crippen LogP contribution in [0.25, 0.3) is 0 Å². The molecule has 5 N–H and O–H groups in total. The minimum atomic E-state index is -0.633. The summed E-state index contributed by atoms with van der Waals surface area (Å²) in [6.45, 7) is 4.77. The van der Waals surface area contributed by atoms with Gasteiger partial charge in [0.05, 0.1) is 12.4 Å². The van der Waals surface area contributed by atoms with E-state index in [-0.39, 0.29) is 12.1 Å². The first-order chi connectivity index (χ1) is 14.8. The van der Waals surface area contributed by atoms with E-state index in [0.29, 0.717) is 29.4 Å². The summed E-state index contributed by atoms with van der Waals surface area (Å²) in [5.74, 6) is 1.47. The second-order valence-corrected chi connectivity index (χ2v) is 7.98. The zero-order chi connectivity index (χ0) is 22.3. The second-order valence-electron chi connectivity index (χ2n) is 7.98. The number of aliphatic hydroxyl groups excluding tert-OH is 1. The number of amides is 1. The van der Waals surface area contributed by atoms with Gasteiger partial charge in [-0.15, -0.1) is 0 Å². The summed E-state index contributed by atoms with van der Waals surface area (Å²) in [7, 11) is 0. The van der Waals surface area contributed by atoms with Crippen LogP contribution in [0.1, 0.15) is 29.8 Å². The molecule has 0 radical (unpaired) electrons. The molecule has 0 aliphatic heterocycles. The van der Waals surface area contributed by atoms with E-state index in [2.05, 4.69) is 29.4 Å². The number of H-pyrrole nitrogens is 1. The van der Waals surface area contributed by atoms with Crippen molar-refractivity contribution in [1.82, 2.24) is 15.5 Å². The van der Waals surface area contributed by atoms with Gasteiger partial charge >= 0.3 is 0 Å². The molecule has 0 saturated heterocycles. The Hall–Kier alpha value is -3.36. The van der Waals surface area contributed by atoms with Crippen molar-refractivity contribution < 1.29 is 19.4 Å². The third-order valence-corrected chi connectivity index (χ3v) is 4.68. The number of carbonyl (C=O) groups is 1. The normalized spacial score (nSPS) is 12.4. The van der Waals surface area contributed by atoms with Crippen LogP contribution in [-0.2, 0) is 6.42 Å². The summed E-state index contributed by atoms with van der Waals surface area (Å²) in [6.07, 6.45) is 3.34. The molecule has 0 aliphatic carbocycles. The van der Waals surface area contributed by atoms with Gasteiger partial charge in [0.2, 0.25) is 5.91 Å². The van der Waals surface area contributed by atoms with Crippen LogP contribution in [0.2, 0.25) is 0 Å². The number of nitrogens with two attached hydrogens (primary N) is 1. The average molecular weight is 425 g/mol. The molecular weight excluding hydrogens is 396 g/mol. The topological polar surface area (TPSA) is 122 Å². The highest BCUT2D eigenvalue weighted by molar-refractivity contribution is 5.92. The third kappa shape index (κ3) is 7.13. The highest BCUT2D eigenvalue weighted by Gasteiger charge is 2.19. The number of hydrogen-bond acceptors (Lipinski definition) is 6. The van der Waals surface area contributed by atoms with Gasteiger partial charge in [0.15, 0.2) is 5.75 Å². The maximum absolute atomic E-state index is 11.1. The van der Waals surface area contributed by atoms with Gasteiger partial charge in [-0.1, -0.05) is 12.1 Å². The number of aromatic nitrogens is 2. The largest absolute Gasteiger partial charge is 0.488 e. The van der Waals surface area contributed by atoms with Crippen LogP contribution in [0.3, 0.4) is 0 Å². The Morgan fingerprint density at radius 2 is 1.77 bits per heavy atom. The second kappa shape index (κ2) is 10.1. The molecule has 0 fully saturated rings. The number of aromatic amines is 1. The number of benzene rings is 2. The van der Waals surface area contributed by atoms with Crippen LogP contribution in [0.4, 0.5) is 0 Å². The lowest BCUT2D eigenvalue weighted by Gasteiger charge is -2.28. The first kappa shape index (κ1) is 22.3. The Kier molecular flexibility index (Phi) is 7.28. The van der Waals surface area contributed by atoms with Crippen LogP contribution in [0.15, 0.2) is 60.9 Å². The number of nitrogens with one attached hydrogen (secondary N) is 2. The number of aliphatic hydroxyl groups is 1. The molecule has 1 atom stereocenters. The van der Waals surface area contributed by atoms with E-state index in [1.807, 2.05) is 24.3 Å². The molecule has 0 bridgehead atoms. The predicted octanol–water partition coefficient (Wildman–Crippen LogP) is 2.65. The molecule has 0 spiro atoms. The van der Waals surface area contributed by atoms with Gasteiger partial charge in [-0.3, -0.25) is 9.89 Å². The van der Waals surface area contributed by atoms with E-state index in [4.69, 9.17) is 15.2 Å². The van der Waals surface area contributed by atoms with Gasteiger partial charge in [0, 0.05) is 17.6 Å². The van der Waals surface area contributed by atoms with Crippen molar-refractivity contribution in [2.45, 2.75) is 31.9 Å². The Morgan fingerprint density at radius 3 is 2.35 bits per heavy atom. The molecule has 1 amide bonds. The fourth-order valence-corrected chi connectivity index (χ4v) is 3.03. The monoisotopic (exact) mass is 424 g/mol. The summed E-state index contributed by atoms with van der Waals surface area (Å²) >= 11 is 0. The molecular formula is C23H28N4O4. The van der Waals surface area contributed by atoms with E-state index in [1.165, 1.54) is 0 Å². The van der Waals surface area contributed by atoms with Crippen molar-refractivity contribution in [3.63, 3.8) is 0 Å². The minimum absolute atomic E-state index is 0.190. The van der Waals surface area contributed by atoms with E-state index >= 15 is 0 Å². The predicted molar refractivity (Wildman–Crippen MR) is 117 cm³/mol. The molecule has 1 heterocycles. The first-order valence-corrected chi connectivity index (χ1v) is 10.0. The highest BCUT2D eigenvalue weighted by atomic mass is 16.5. The molecule has 8 heteroatoms. The lowest BCUT2D eigenvalue weighted by molar-refractivity contribution is 0.0988. The van der Waals surface area contributed by atoms with Gasteiger partial charge in [0.1, 0.15) is 24.2 Å². The maximum atomic E-state index is 11.1. The van der Waals surface area contributed by atoms with Crippen LogP contribution < -0.4 is 20.5 Å². The van der Waals surface area contributed by atoms with E-state index in [0.717, 1.165) is 12.0 Å². The fourth-order valence-electron chi connectivity index (χ4n) is 3.03. The Balaban J connectivity index is 1.46. The van der Waals surface area contributed by atoms with Gasteiger partial charge < -0.3 is 25.6 Å². The molecule has 0 saturated carbocycles. The van der Waals surface area contributed by atoms with Crippen molar-refractivity contribution >= 4 is 5.91 Å². The fraction of sp³-hybridized carbons (Fsp3) is 0.304. The molecule has 3 rings (SSSR count). The lowest BCUT2D eigenvalue weighted by atomic mass is 9.94. The number of ether oxygens (including phenoxy) is 2. The van der Waals surface area contributed by atoms with Crippen LogP contribution in [-0.4, -0.2) is 46.0 Å². The van der Waals surface area contributed by atoms with Crippen molar-refractivity contribution in [1.29, 1.82) is 0 Å². The van der Waals surface area contributed by atoms with Crippen LogP contribution in [0, 0.1) is 0 Å². The first-order valence-electron chi connectivity index (χ1n) is 10.0. The summed E-state index contributed by atoms with van der Waals surface area (Å²) in [5.41, 5.74) is 6.61. The molecule has 2 aromatic carbocycles. The zero-order valence-electron chi connectivity index (χ0n) is 17.7. The summed E-state index contributed by atoms with van der Waals surface area (Å²) in [5, 5.41) is 20.0. The SMILES string of the molecule is CC(C)(Cc1ccc(Oc2ccc(C(N)=O)cc2)cc1)NC[C@H](O)COc1cn[nH]c1. The van der Waals surface area contributed by atoms with E-state index in [9.17, 15) is 9.90 Å². The average Bonchev–Trinajstić information content (AvgIpc) is 3.26. The van der Waals surface area contributed by atoms with Crippen LogP contribution >= 0.6 is 0 Å². The Bertz CT molecular complexity index is 954. The van der Waals surface area contributed by atoms with Gasteiger partial charge in [0.25, 0.3) is 0 Å². The molecule has 31 heavy (non-hydrogen) atoms. The third-order valence-electron chi connectivity index (χ3n) is 4.68. The van der Waals surface area contributed by atoms with Gasteiger partial charge in [-0.05, 0) is 62.2 Å². The maximum Gasteiger partial charge on any atom is 0.248 e. The van der Waals surface area contributed by atoms with Crippen LogP contribution in [0.5, 0.6) is 17.2 Å². The Morgan fingerprint density at radius 1 is 1.13 bits per heavy atom. The van der Waals surface area contributed by atoms with Crippen molar-refractivity contribution in [2.24, 2.45) is 5.73 Å². The molecule has 1 aromatic heterocycles. The molecule has 0 aliphatic rings. The number of carbonyl (C=O) groups excluding carboxylic acids is 1. The van der Waals surface area contributed by atoms with E-state index in [1.54, 1.807) is 36.7 Å².